The molecule has 8 nitrogen and oxygen atoms in total. The number of nitrogens with two attached hydrogens (primary N) is 2. The van der Waals surface area contributed by atoms with Crippen molar-refractivity contribution in [2.45, 2.75) is 32.6 Å². The van der Waals surface area contributed by atoms with Crippen LogP contribution in [0, 0.1) is 20.8 Å². The fourth-order valence-corrected chi connectivity index (χ4v) is 3.39. The van der Waals surface area contributed by atoms with Gasteiger partial charge in [0.25, 0.3) is 0 Å². The van der Waals surface area contributed by atoms with Crippen LogP contribution in [0.3, 0.4) is 0 Å². The number of anilines is 1. The van der Waals surface area contributed by atoms with Gasteiger partial charge in [-0.15, -0.1) is 4.68 Å². The molecule has 1 aromatic carbocycles. The van der Waals surface area contributed by atoms with Crippen molar-refractivity contribution in [1.82, 2.24) is 0 Å². The Hall–Kier alpha value is -2.65. The third kappa shape index (κ3) is 5.43. The molecule has 0 aliphatic heterocycles. The van der Waals surface area contributed by atoms with E-state index in [2.05, 4.69) is 0 Å². The van der Waals surface area contributed by atoms with E-state index in [9.17, 15) is 17.8 Å². The minimum absolute atomic E-state index is 0.0851. The summed E-state index contributed by atoms with van der Waals surface area (Å²) < 4.78 is 38.4. The topological polar surface area (TPSA) is 139 Å². The van der Waals surface area contributed by atoms with Gasteiger partial charge in [-0.1, -0.05) is 17.7 Å². The van der Waals surface area contributed by atoms with E-state index in [-0.39, 0.29) is 16.3 Å². The number of esters is 1. The first kappa shape index (κ1) is 21.4. The summed E-state index contributed by atoms with van der Waals surface area (Å²) in [6.07, 6.45) is 1.55. The first-order valence-corrected chi connectivity index (χ1v) is 9.16. The molecule has 26 heavy (non-hydrogen) atoms. The van der Waals surface area contributed by atoms with Gasteiger partial charge in [-0.25, -0.2) is 13.2 Å². The average molecular weight is 381 g/mol. The zero-order valence-corrected chi connectivity index (χ0v) is 16.0. The van der Waals surface area contributed by atoms with Crippen LogP contribution >= 0.6 is 0 Å². The highest BCUT2D eigenvalue weighted by molar-refractivity contribution is 7.85. The molecule has 2 rings (SSSR count). The average Bonchev–Trinajstić information content (AvgIpc) is 2.48. The highest BCUT2D eigenvalue weighted by atomic mass is 32.2. The lowest BCUT2D eigenvalue weighted by Crippen LogP contribution is -2.47. The maximum absolute atomic E-state index is 11.2. The molecule has 0 radical (unpaired) electrons. The number of hydrogen-bond donors (Lipinski definition) is 2. The lowest BCUT2D eigenvalue weighted by atomic mass is 10.1. The van der Waals surface area contributed by atoms with Gasteiger partial charge in [0.05, 0.1) is 11.5 Å². The lowest BCUT2D eigenvalue weighted by Gasteiger charge is -2.14. The Morgan fingerprint density at radius 1 is 1.23 bits per heavy atom. The zero-order chi connectivity index (χ0) is 20.1. The molecule has 9 heteroatoms. The summed E-state index contributed by atoms with van der Waals surface area (Å²) in [6.45, 7) is 7.17. The predicted octanol–water partition coefficient (Wildman–Crippen LogP) is 0.963. The van der Waals surface area contributed by atoms with Crippen molar-refractivity contribution in [3.05, 3.63) is 52.7 Å². The number of aryl methyl sites for hydroxylation is 3. The Bertz CT molecular complexity index is 888. The summed E-state index contributed by atoms with van der Waals surface area (Å²) in [5, 5.41) is 0. The number of rotatable bonds is 3. The van der Waals surface area contributed by atoms with Crippen LogP contribution in [0.2, 0.25) is 0 Å². The van der Waals surface area contributed by atoms with Crippen LogP contribution in [0.25, 0.3) is 0 Å². The summed E-state index contributed by atoms with van der Waals surface area (Å²) in [5.41, 5.74) is 7.84. The van der Waals surface area contributed by atoms with Gasteiger partial charge < -0.3 is 9.29 Å². The van der Waals surface area contributed by atoms with Gasteiger partial charge in [-0.05, 0) is 51.0 Å². The molecule has 0 bridgehead atoms. The maximum atomic E-state index is 11.2. The van der Waals surface area contributed by atoms with Crippen molar-refractivity contribution < 1.29 is 27.2 Å². The molecule has 0 fully saturated rings. The molecule has 4 N–H and O–H groups in total. The second-order valence-corrected chi connectivity index (χ2v) is 6.93. The number of aromatic nitrogens is 1. The van der Waals surface area contributed by atoms with Crippen molar-refractivity contribution in [2.24, 2.45) is 0 Å². The fourth-order valence-electron chi connectivity index (χ4n) is 2.48. The number of hydrogen-bond acceptors (Lipinski definition) is 7. The zero-order valence-electron chi connectivity index (χ0n) is 15.1. The number of benzene rings is 1. The normalized spacial score (nSPS) is 10.7. The fraction of sp³-hybridized carbons (Fsp3) is 0.294. The van der Waals surface area contributed by atoms with Crippen LogP contribution in [-0.2, 0) is 14.9 Å². The van der Waals surface area contributed by atoms with Gasteiger partial charge in [-0.2, -0.15) is 0 Å². The second-order valence-electron chi connectivity index (χ2n) is 5.62. The van der Waals surface area contributed by atoms with E-state index >= 15 is 0 Å². The van der Waals surface area contributed by atoms with Crippen LogP contribution in [-0.4, -0.2) is 25.5 Å². The smallest absolute Gasteiger partial charge is 0.346 e. The first-order valence-electron chi connectivity index (χ1n) is 7.75. The highest BCUT2D eigenvalue weighted by Gasteiger charge is 2.17. The largest absolute Gasteiger partial charge is 0.744 e. The third-order valence-corrected chi connectivity index (χ3v) is 4.56. The van der Waals surface area contributed by atoms with E-state index < -0.39 is 16.1 Å². The van der Waals surface area contributed by atoms with E-state index in [0.29, 0.717) is 17.7 Å². The summed E-state index contributed by atoms with van der Waals surface area (Å²) >= 11 is 0. The molecule has 1 heterocycles. The first-order chi connectivity index (χ1) is 12.0. The lowest BCUT2D eigenvalue weighted by molar-refractivity contribution is -0.623. The van der Waals surface area contributed by atoms with Crippen LogP contribution in [0.15, 0.2) is 35.4 Å². The van der Waals surface area contributed by atoms with E-state index in [1.165, 1.54) is 4.68 Å². The minimum atomic E-state index is -4.33. The SMILES string of the molecule is CCOC(=O)c1ccc[n+](N)c1N.Cc1cc(C)c(S(=O)(=O)[O-])c(C)c1. The molecular weight excluding hydrogens is 358 g/mol. The summed E-state index contributed by atoms with van der Waals surface area (Å²) in [7, 11) is -4.33. The minimum Gasteiger partial charge on any atom is -0.744 e. The van der Waals surface area contributed by atoms with E-state index in [0.717, 1.165) is 5.56 Å². The number of pyridine rings is 1. The molecular formula is C17H23N3O5S. The van der Waals surface area contributed by atoms with Gasteiger partial charge >= 0.3 is 11.8 Å². The van der Waals surface area contributed by atoms with Crippen molar-refractivity contribution in [3.63, 3.8) is 0 Å². The molecule has 1 aromatic heterocycles. The summed E-state index contributed by atoms with van der Waals surface area (Å²) in [4.78, 5) is 11.2. The predicted molar refractivity (Wildman–Crippen MR) is 95.8 cm³/mol. The summed E-state index contributed by atoms with van der Waals surface area (Å²) in [6, 6.07) is 6.58. The van der Waals surface area contributed by atoms with E-state index in [1.54, 1.807) is 51.2 Å². The number of nitrogens with zero attached hydrogens (tertiary/aromatic N) is 1. The molecule has 0 aliphatic carbocycles. The van der Waals surface area contributed by atoms with E-state index in [4.69, 9.17) is 16.3 Å². The van der Waals surface area contributed by atoms with Crippen LogP contribution < -0.4 is 16.3 Å². The molecule has 0 saturated carbocycles. The van der Waals surface area contributed by atoms with Crippen LogP contribution in [0.1, 0.15) is 34.0 Å². The second kappa shape index (κ2) is 8.63. The molecule has 2 aromatic rings. The Kier molecular flexibility index (Phi) is 7.10. The van der Waals surface area contributed by atoms with Gasteiger partial charge in [0, 0.05) is 0 Å². The van der Waals surface area contributed by atoms with Crippen molar-refractivity contribution in [1.29, 1.82) is 0 Å². The molecule has 0 unspecified atom stereocenters. The molecule has 0 aliphatic rings. The quantitative estimate of drug-likeness (QED) is 0.349. The molecule has 142 valence electrons. The van der Waals surface area contributed by atoms with Crippen molar-refractivity contribution in [2.75, 3.05) is 18.2 Å². The molecule has 0 atom stereocenters. The highest BCUT2D eigenvalue weighted by Crippen LogP contribution is 2.20. The molecule has 0 spiro atoms. The van der Waals surface area contributed by atoms with Gasteiger partial charge in [0.1, 0.15) is 16.3 Å². The number of carbonyl (C=O) groups is 1. The van der Waals surface area contributed by atoms with E-state index in [1.807, 2.05) is 6.92 Å². The molecule has 0 saturated heterocycles. The summed E-state index contributed by atoms with van der Waals surface area (Å²) in [5.74, 6) is 5.18. The molecule has 0 amide bonds. The maximum Gasteiger partial charge on any atom is 0.346 e. The number of carbonyl (C=O) groups excluding carboxylic acids is 1. The Morgan fingerprint density at radius 3 is 2.23 bits per heavy atom. The van der Waals surface area contributed by atoms with Gasteiger partial charge in [-0.3, -0.25) is 11.6 Å². The standard InChI is InChI=1S/C9H12O3S.C8H11N3O2/c1-6-4-7(2)9(8(3)5-6)13(10,11)12;1-2-13-8(12)6-4-3-5-11(10)7(6)9/h4-5H,1-3H3,(H,10,11,12);3-5,9H,2,10H2,1H3. The van der Waals surface area contributed by atoms with Gasteiger partial charge in [0.15, 0.2) is 5.56 Å². The Balaban J connectivity index is 0.000000260. The monoisotopic (exact) mass is 381 g/mol. The Morgan fingerprint density at radius 2 is 1.77 bits per heavy atom. The number of nitrogen functional groups attached to an aromatic ring is 2. The van der Waals surface area contributed by atoms with Crippen LogP contribution in [0.4, 0.5) is 5.82 Å². The van der Waals surface area contributed by atoms with Gasteiger partial charge in [0.2, 0.25) is 0 Å². The van der Waals surface area contributed by atoms with Crippen molar-refractivity contribution in [3.8, 4) is 0 Å². The number of ether oxygens (including phenoxy) is 1. The van der Waals surface area contributed by atoms with Crippen LogP contribution in [0.5, 0.6) is 0 Å². The van der Waals surface area contributed by atoms with Crippen molar-refractivity contribution >= 4 is 21.9 Å². The Labute approximate surface area is 153 Å². The third-order valence-electron chi connectivity index (χ3n) is 3.41.